The number of para-hydroxylation sites is 2. The Bertz CT molecular complexity index is 976. The fourth-order valence-electron chi connectivity index (χ4n) is 2.58. The van der Waals surface area contributed by atoms with Gasteiger partial charge in [-0.25, -0.2) is 13.4 Å². The van der Waals surface area contributed by atoms with E-state index in [1.54, 1.807) is 6.92 Å². The second-order valence-corrected chi connectivity index (χ2v) is 7.54. The molecule has 24 heavy (non-hydrogen) atoms. The number of benzene rings is 2. The van der Waals surface area contributed by atoms with E-state index < -0.39 is 10.0 Å². The van der Waals surface area contributed by atoms with Crippen molar-refractivity contribution < 1.29 is 8.42 Å². The summed E-state index contributed by atoms with van der Waals surface area (Å²) in [6.45, 7) is 5.89. The molecule has 0 radical (unpaired) electrons. The highest BCUT2D eigenvalue weighted by atomic mass is 32.2. The fraction of sp³-hybridized carbons (Fsp3) is 0.167. The molecule has 0 spiro atoms. The number of aromatic nitrogens is 2. The summed E-state index contributed by atoms with van der Waals surface area (Å²) < 4.78 is 29.0. The predicted octanol–water partition coefficient (Wildman–Crippen LogP) is 3.40. The van der Waals surface area contributed by atoms with Gasteiger partial charge in [0.1, 0.15) is 0 Å². The van der Waals surface area contributed by atoms with E-state index in [9.17, 15) is 8.42 Å². The van der Waals surface area contributed by atoms with Crippen LogP contribution in [0.5, 0.6) is 0 Å². The number of imidazole rings is 1. The molecule has 3 rings (SSSR count). The third-order valence-corrected chi connectivity index (χ3v) is 4.89. The van der Waals surface area contributed by atoms with E-state index in [4.69, 9.17) is 0 Å². The zero-order valence-electron chi connectivity index (χ0n) is 13.4. The van der Waals surface area contributed by atoms with E-state index in [-0.39, 0.29) is 5.75 Å². The monoisotopic (exact) mass is 341 g/mol. The minimum atomic E-state index is -3.53. The molecule has 2 aromatic carbocycles. The lowest BCUT2D eigenvalue weighted by Crippen LogP contribution is -2.20. The van der Waals surface area contributed by atoms with Gasteiger partial charge < -0.3 is 4.57 Å². The summed E-state index contributed by atoms with van der Waals surface area (Å²) in [5.74, 6) is 0.197. The first-order chi connectivity index (χ1) is 11.4. The molecule has 0 amide bonds. The lowest BCUT2D eigenvalue weighted by atomic mass is 10.2. The molecule has 0 bridgehead atoms. The van der Waals surface area contributed by atoms with Crippen LogP contribution in [0, 0.1) is 0 Å². The van der Waals surface area contributed by atoms with Crippen molar-refractivity contribution in [2.24, 2.45) is 0 Å². The van der Waals surface area contributed by atoms with E-state index in [0.29, 0.717) is 18.1 Å². The van der Waals surface area contributed by atoms with E-state index in [0.717, 1.165) is 16.6 Å². The Morgan fingerprint density at radius 2 is 1.79 bits per heavy atom. The Morgan fingerprint density at radius 3 is 2.50 bits per heavy atom. The largest absolute Gasteiger partial charge is 0.305 e. The summed E-state index contributed by atoms with van der Waals surface area (Å²) in [5, 5.41) is 0. The molecule has 124 valence electrons. The summed E-state index contributed by atoms with van der Waals surface area (Å²) in [7, 11) is -3.53. The van der Waals surface area contributed by atoms with Gasteiger partial charge in [-0.15, -0.1) is 0 Å². The predicted molar refractivity (Wildman–Crippen MR) is 97.5 cm³/mol. The number of anilines is 1. The first-order valence-electron chi connectivity index (χ1n) is 7.59. The van der Waals surface area contributed by atoms with Gasteiger partial charge in [0.05, 0.1) is 23.3 Å². The molecule has 0 unspecified atom stereocenters. The number of sulfonamides is 1. The number of rotatable bonds is 6. The molecule has 6 heteroatoms. The molecule has 0 atom stereocenters. The molecule has 0 aliphatic rings. The second-order valence-electron chi connectivity index (χ2n) is 5.81. The Labute approximate surface area is 141 Å². The summed E-state index contributed by atoms with van der Waals surface area (Å²) in [5.41, 5.74) is 3.28. The van der Waals surface area contributed by atoms with Gasteiger partial charge in [-0.2, -0.15) is 0 Å². The van der Waals surface area contributed by atoms with Crippen LogP contribution in [0.1, 0.15) is 12.5 Å². The Hall–Kier alpha value is -2.60. The van der Waals surface area contributed by atoms with Crippen molar-refractivity contribution in [1.29, 1.82) is 0 Å². The number of nitrogens with zero attached hydrogens (tertiary/aromatic N) is 2. The molecule has 0 fully saturated rings. The van der Waals surface area contributed by atoms with Crippen LogP contribution in [0.3, 0.4) is 0 Å². The van der Waals surface area contributed by atoms with Gasteiger partial charge in [0.15, 0.2) is 0 Å². The van der Waals surface area contributed by atoms with E-state index in [2.05, 4.69) is 16.3 Å². The highest BCUT2D eigenvalue weighted by Crippen LogP contribution is 2.22. The van der Waals surface area contributed by atoms with Crippen LogP contribution in [0.15, 0.2) is 66.7 Å². The highest BCUT2D eigenvalue weighted by Gasteiger charge is 2.17. The number of hydrogen-bond donors (Lipinski definition) is 1. The fourth-order valence-corrected chi connectivity index (χ4v) is 3.73. The van der Waals surface area contributed by atoms with Crippen LogP contribution >= 0.6 is 0 Å². The van der Waals surface area contributed by atoms with E-state index in [1.165, 1.54) is 0 Å². The molecular weight excluding hydrogens is 322 g/mol. The number of fused-ring (bicyclic) bond motifs is 1. The van der Waals surface area contributed by atoms with Crippen LogP contribution in [0.25, 0.3) is 11.0 Å². The van der Waals surface area contributed by atoms with Gasteiger partial charge in [0.25, 0.3) is 0 Å². The van der Waals surface area contributed by atoms with Crippen LogP contribution in [-0.2, 0) is 16.6 Å². The molecule has 5 nitrogen and oxygen atoms in total. The van der Waals surface area contributed by atoms with E-state index in [1.807, 2.05) is 59.2 Å². The Morgan fingerprint density at radius 1 is 1.12 bits per heavy atom. The lowest BCUT2D eigenvalue weighted by molar-refractivity contribution is 0.602. The van der Waals surface area contributed by atoms with Gasteiger partial charge in [-0.05, 0) is 24.6 Å². The molecule has 0 aliphatic carbocycles. The maximum atomic E-state index is 12.3. The summed E-state index contributed by atoms with van der Waals surface area (Å²) >= 11 is 0. The lowest BCUT2D eigenvalue weighted by Gasteiger charge is -2.11. The topological polar surface area (TPSA) is 64.0 Å². The molecule has 0 saturated heterocycles. The van der Waals surface area contributed by atoms with Crippen molar-refractivity contribution >= 4 is 27.0 Å². The normalized spacial score (nSPS) is 11.5. The van der Waals surface area contributed by atoms with Crippen LogP contribution < -0.4 is 4.72 Å². The van der Waals surface area contributed by atoms with Crippen molar-refractivity contribution in [3.05, 3.63) is 72.3 Å². The molecule has 1 N–H and O–H groups in total. The van der Waals surface area contributed by atoms with Crippen molar-refractivity contribution in [2.45, 2.75) is 13.5 Å². The molecule has 0 saturated carbocycles. The Balaban J connectivity index is 2.04. The van der Waals surface area contributed by atoms with Gasteiger partial charge in [0, 0.05) is 0 Å². The number of hydrogen-bond acceptors (Lipinski definition) is 3. The first kappa shape index (κ1) is 16.3. The van der Waals surface area contributed by atoms with E-state index >= 15 is 0 Å². The maximum Gasteiger partial charge on any atom is 0.238 e. The van der Waals surface area contributed by atoms with Crippen molar-refractivity contribution in [3.63, 3.8) is 0 Å². The van der Waals surface area contributed by atoms with Gasteiger partial charge in [0.2, 0.25) is 16.0 Å². The average Bonchev–Trinajstić information content (AvgIpc) is 2.84. The highest BCUT2D eigenvalue weighted by molar-refractivity contribution is 7.92. The van der Waals surface area contributed by atoms with Crippen LogP contribution in [0.2, 0.25) is 0 Å². The van der Waals surface area contributed by atoms with Gasteiger partial charge in [-0.3, -0.25) is 4.72 Å². The van der Waals surface area contributed by atoms with Gasteiger partial charge in [-0.1, -0.05) is 54.6 Å². The zero-order chi connectivity index (χ0) is 17.2. The van der Waals surface area contributed by atoms with Crippen LogP contribution in [0.4, 0.5) is 5.95 Å². The number of nitrogens with one attached hydrogen (secondary N) is 1. The molecule has 0 aliphatic heterocycles. The maximum absolute atomic E-state index is 12.3. The van der Waals surface area contributed by atoms with Crippen molar-refractivity contribution in [3.8, 4) is 0 Å². The molecule has 1 aromatic heterocycles. The Kier molecular flexibility index (Phi) is 4.40. The first-order valence-corrected chi connectivity index (χ1v) is 9.24. The minimum absolute atomic E-state index is 0.123. The summed E-state index contributed by atoms with van der Waals surface area (Å²) in [4.78, 5) is 4.44. The quantitative estimate of drug-likeness (QED) is 0.699. The van der Waals surface area contributed by atoms with Gasteiger partial charge >= 0.3 is 0 Å². The van der Waals surface area contributed by atoms with Crippen molar-refractivity contribution in [1.82, 2.24) is 9.55 Å². The van der Waals surface area contributed by atoms with Crippen LogP contribution in [-0.4, -0.2) is 23.7 Å². The molecule has 3 aromatic rings. The third kappa shape index (κ3) is 3.65. The standard InChI is InChI=1S/C18H19N3O2S/c1-14(2)13-24(22,23)20-18-19-16-10-6-7-11-17(16)21(18)12-15-8-4-3-5-9-15/h3-11H,1,12-13H2,2H3,(H,19,20). The minimum Gasteiger partial charge on any atom is -0.305 e. The zero-order valence-corrected chi connectivity index (χ0v) is 14.3. The smallest absolute Gasteiger partial charge is 0.238 e. The molecular formula is C18H19N3O2S. The third-order valence-electron chi connectivity index (χ3n) is 3.52. The average molecular weight is 341 g/mol. The second kappa shape index (κ2) is 6.49. The summed E-state index contributed by atoms with van der Waals surface area (Å²) in [6, 6.07) is 17.5. The van der Waals surface area contributed by atoms with Crippen molar-refractivity contribution in [2.75, 3.05) is 10.5 Å². The SMILES string of the molecule is C=C(C)CS(=O)(=O)Nc1nc2ccccc2n1Cc1ccccc1. The summed E-state index contributed by atoms with van der Waals surface area (Å²) in [6.07, 6.45) is 0. The molecule has 1 heterocycles.